The average molecular weight is 558 g/mol. The number of aliphatic imine (C=N–C) groups is 1. The Morgan fingerprint density at radius 3 is 2.50 bits per heavy atom. The van der Waals surface area contributed by atoms with Gasteiger partial charge in [0, 0.05) is 32.9 Å². The molecule has 7 nitrogen and oxygen atoms in total. The van der Waals surface area contributed by atoms with E-state index in [4.69, 9.17) is 9.73 Å². The van der Waals surface area contributed by atoms with Crippen molar-refractivity contribution in [3.8, 4) is 11.6 Å². The minimum atomic E-state index is -0.408. The minimum Gasteiger partial charge on any atom is -0.494 e. The van der Waals surface area contributed by atoms with Crippen LogP contribution in [0.1, 0.15) is 72.1 Å². The molecule has 0 bridgehead atoms. The fourth-order valence-electron chi connectivity index (χ4n) is 5.74. The number of hydrogen-bond acceptors (Lipinski definition) is 7. The first-order valence-electron chi connectivity index (χ1n) is 13.5. The highest BCUT2D eigenvalue weighted by atomic mass is 32.1. The average Bonchev–Trinajstić information content (AvgIpc) is 3.24. The van der Waals surface area contributed by atoms with E-state index < -0.39 is 5.97 Å². The summed E-state index contributed by atoms with van der Waals surface area (Å²) in [5.74, 6) is -0.618. The van der Waals surface area contributed by atoms with Crippen LogP contribution in [0.4, 0.5) is 5.00 Å². The number of aromatic hydroxyl groups is 1. The Morgan fingerprint density at radius 2 is 1.82 bits per heavy atom. The molecule has 1 aliphatic heterocycles. The molecule has 2 N–H and O–H groups in total. The van der Waals surface area contributed by atoms with E-state index in [-0.39, 0.29) is 29.1 Å². The first-order chi connectivity index (χ1) is 18.8. The molecule has 3 heterocycles. The van der Waals surface area contributed by atoms with Gasteiger partial charge in [-0.15, -0.1) is 11.3 Å². The summed E-state index contributed by atoms with van der Waals surface area (Å²) in [5.41, 5.74) is 3.56. The van der Waals surface area contributed by atoms with Crippen molar-refractivity contribution in [1.82, 2.24) is 9.88 Å². The Balaban J connectivity index is 1.74. The summed E-state index contributed by atoms with van der Waals surface area (Å²) in [5, 5.41) is 16.7. The number of thiophene rings is 1. The maximum Gasteiger partial charge on any atom is 0.341 e. The molecule has 1 aliphatic rings. The third-order valence-electron chi connectivity index (χ3n) is 7.47. The number of nitrogens with zero attached hydrogens (tertiary/aromatic N) is 2. The van der Waals surface area contributed by atoms with Gasteiger partial charge in [0.15, 0.2) is 0 Å². The molecule has 0 spiro atoms. The predicted octanol–water partition coefficient (Wildman–Crippen LogP) is 6.46. The number of pyridine rings is 1. The van der Waals surface area contributed by atoms with E-state index in [1.807, 2.05) is 38.1 Å². The molecule has 5 rings (SSSR count). The molecule has 0 saturated heterocycles. The third-order valence-corrected chi connectivity index (χ3v) is 8.93. The molecule has 8 heteroatoms. The predicted molar refractivity (Wildman–Crippen MR) is 162 cm³/mol. The summed E-state index contributed by atoms with van der Waals surface area (Å²) in [7, 11) is 0. The highest BCUT2D eigenvalue weighted by Crippen LogP contribution is 2.46. The van der Waals surface area contributed by atoms with Gasteiger partial charge in [0.25, 0.3) is 5.56 Å². The van der Waals surface area contributed by atoms with Crippen LogP contribution in [0.25, 0.3) is 16.5 Å². The fraction of sp³-hybridized carbons (Fsp3) is 0.344. The lowest BCUT2D eigenvalue weighted by molar-refractivity contribution is 0.0525. The van der Waals surface area contributed by atoms with Crippen LogP contribution < -0.4 is 10.9 Å². The molecular weight excluding hydrogens is 522 g/mol. The summed E-state index contributed by atoms with van der Waals surface area (Å²) in [6.45, 7) is 14.5. The zero-order chi connectivity index (χ0) is 29.0. The first kappa shape index (κ1) is 27.8. The lowest BCUT2D eigenvalue weighted by Crippen LogP contribution is -2.55. The van der Waals surface area contributed by atoms with E-state index >= 15 is 0 Å². The van der Waals surface area contributed by atoms with E-state index in [9.17, 15) is 14.7 Å². The fourth-order valence-corrected chi connectivity index (χ4v) is 6.95. The van der Waals surface area contributed by atoms with Crippen molar-refractivity contribution in [3.63, 3.8) is 0 Å². The zero-order valence-corrected chi connectivity index (χ0v) is 24.8. The number of fused-ring (bicyclic) bond motifs is 2. The van der Waals surface area contributed by atoms with Gasteiger partial charge in [0.05, 0.1) is 23.4 Å². The molecule has 0 aliphatic carbocycles. The molecular formula is C32H35N3O4S. The molecule has 2 aromatic heterocycles. The maximum absolute atomic E-state index is 13.5. The van der Waals surface area contributed by atoms with Gasteiger partial charge >= 0.3 is 5.97 Å². The van der Waals surface area contributed by atoms with Crippen molar-refractivity contribution in [2.45, 2.75) is 66.0 Å². The largest absolute Gasteiger partial charge is 0.494 e. The van der Waals surface area contributed by atoms with Gasteiger partial charge in [-0.25, -0.2) is 14.4 Å². The van der Waals surface area contributed by atoms with Crippen molar-refractivity contribution in [3.05, 3.63) is 85.5 Å². The highest BCUT2D eigenvalue weighted by molar-refractivity contribution is 7.16. The molecule has 2 aromatic carbocycles. The molecule has 0 radical (unpaired) electrons. The third kappa shape index (κ3) is 4.75. The molecule has 4 aromatic rings. The zero-order valence-electron chi connectivity index (χ0n) is 24.0. The minimum absolute atomic E-state index is 0.210. The molecule has 0 unspecified atom stereocenters. The molecule has 208 valence electrons. The lowest BCUT2D eigenvalue weighted by atomic mass is 9.81. The number of carbonyl (C=O) groups is 1. The topological polar surface area (TPSA) is 92.9 Å². The summed E-state index contributed by atoms with van der Waals surface area (Å²) < 4.78 is 6.78. The van der Waals surface area contributed by atoms with Crippen LogP contribution in [0, 0.1) is 13.8 Å². The SMILES string of the molecule is CCOC(=O)c1c(N=Cc2c(O)n(-c3ccc(C)c(C)c3)c(=O)c3ccccc23)sc2c1CC(C)(C)NC2(C)C. The molecule has 0 atom stereocenters. The second kappa shape index (κ2) is 10.0. The van der Waals surface area contributed by atoms with Gasteiger partial charge in [0.1, 0.15) is 5.00 Å². The number of aromatic nitrogens is 1. The van der Waals surface area contributed by atoms with Crippen LogP contribution in [0.5, 0.6) is 5.88 Å². The summed E-state index contributed by atoms with van der Waals surface area (Å²) >= 11 is 1.45. The van der Waals surface area contributed by atoms with Crippen molar-refractivity contribution >= 4 is 39.3 Å². The van der Waals surface area contributed by atoms with Gasteiger partial charge in [-0.05, 0) is 89.8 Å². The molecule has 40 heavy (non-hydrogen) atoms. The van der Waals surface area contributed by atoms with Crippen LogP contribution in [-0.4, -0.2) is 34.0 Å². The second-order valence-corrected chi connectivity index (χ2v) is 12.6. The summed E-state index contributed by atoms with van der Waals surface area (Å²) in [6, 6.07) is 12.8. The van der Waals surface area contributed by atoms with Gasteiger partial charge in [0.2, 0.25) is 5.88 Å². The van der Waals surface area contributed by atoms with Crippen molar-refractivity contribution in [1.29, 1.82) is 0 Å². The van der Waals surface area contributed by atoms with E-state index in [2.05, 4.69) is 33.0 Å². The normalized spacial score (nSPS) is 15.9. The van der Waals surface area contributed by atoms with Gasteiger partial charge in [-0.1, -0.05) is 24.3 Å². The summed E-state index contributed by atoms with van der Waals surface area (Å²) in [6.07, 6.45) is 2.21. The van der Waals surface area contributed by atoms with E-state index in [1.165, 1.54) is 15.9 Å². The number of benzene rings is 2. The molecule has 0 amide bonds. The van der Waals surface area contributed by atoms with Gasteiger partial charge in [-0.2, -0.15) is 0 Å². The monoisotopic (exact) mass is 557 g/mol. The second-order valence-electron chi connectivity index (χ2n) is 11.6. The number of carbonyl (C=O) groups excluding carboxylic acids is 1. The Hall–Kier alpha value is -3.75. The van der Waals surface area contributed by atoms with Crippen LogP contribution in [0.15, 0.2) is 52.3 Å². The van der Waals surface area contributed by atoms with Crippen LogP contribution in [0.2, 0.25) is 0 Å². The first-order valence-corrected chi connectivity index (χ1v) is 14.3. The van der Waals surface area contributed by atoms with Gasteiger partial charge < -0.3 is 15.2 Å². The number of ether oxygens (including phenoxy) is 1. The number of esters is 1. The smallest absolute Gasteiger partial charge is 0.341 e. The van der Waals surface area contributed by atoms with Crippen molar-refractivity contribution in [2.24, 2.45) is 4.99 Å². The van der Waals surface area contributed by atoms with E-state index in [0.29, 0.717) is 39.0 Å². The Bertz CT molecular complexity index is 1740. The lowest BCUT2D eigenvalue weighted by Gasteiger charge is -2.42. The number of aryl methyl sites for hydroxylation is 2. The standard InChI is InChI=1S/C32H35N3O4S/c1-8-39-30(38)25-23-16-31(4,5)34-32(6,7)26(23)40-27(25)33-17-24-21-11-9-10-12-22(21)28(36)35(29(24)37)20-14-13-18(2)19(3)15-20/h9-15,17,34,37H,8,16H2,1-7H3. The summed E-state index contributed by atoms with van der Waals surface area (Å²) in [4.78, 5) is 32.6. The number of rotatable bonds is 5. The van der Waals surface area contributed by atoms with Crippen molar-refractivity contribution in [2.75, 3.05) is 6.61 Å². The van der Waals surface area contributed by atoms with Crippen LogP contribution >= 0.6 is 11.3 Å². The van der Waals surface area contributed by atoms with E-state index in [1.54, 1.807) is 31.3 Å². The highest BCUT2D eigenvalue weighted by Gasteiger charge is 2.42. The molecule has 0 saturated carbocycles. The van der Waals surface area contributed by atoms with Crippen molar-refractivity contribution < 1.29 is 14.6 Å². The van der Waals surface area contributed by atoms with Gasteiger partial charge in [-0.3, -0.25) is 4.79 Å². The number of hydrogen-bond donors (Lipinski definition) is 2. The van der Waals surface area contributed by atoms with Crippen LogP contribution in [-0.2, 0) is 16.7 Å². The quantitative estimate of drug-likeness (QED) is 0.217. The number of nitrogens with one attached hydrogen (secondary N) is 1. The Morgan fingerprint density at radius 1 is 1.12 bits per heavy atom. The van der Waals surface area contributed by atoms with E-state index in [0.717, 1.165) is 21.6 Å². The Labute approximate surface area is 238 Å². The maximum atomic E-state index is 13.5. The van der Waals surface area contributed by atoms with Crippen LogP contribution in [0.3, 0.4) is 0 Å². The molecule has 0 fully saturated rings. The Kier molecular flexibility index (Phi) is 6.96.